The molecule has 1 heterocycles. The number of methoxy groups -OCH3 is 1. The van der Waals surface area contributed by atoms with Crippen LogP contribution in [0.15, 0.2) is 65.7 Å². The van der Waals surface area contributed by atoms with Crippen molar-refractivity contribution in [2.75, 3.05) is 12.4 Å². The third-order valence-electron chi connectivity index (χ3n) is 4.13. The van der Waals surface area contributed by atoms with Crippen LogP contribution in [0.25, 0.3) is 11.3 Å². The number of hydrogen-bond acceptors (Lipinski definition) is 5. The van der Waals surface area contributed by atoms with Crippen molar-refractivity contribution in [3.63, 3.8) is 0 Å². The SMILES string of the molecule is COc1ccccc1-c1cc(=O)n(CC(=O)Nc2cccc(C(C)=O)c2)cn1. The fourth-order valence-corrected chi connectivity index (χ4v) is 2.72. The maximum Gasteiger partial charge on any atom is 0.254 e. The van der Waals surface area contributed by atoms with Gasteiger partial charge in [0.05, 0.1) is 19.1 Å². The van der Waals surface area contributed by atoms with E-state index in [0.29, 0.717) is 28.3 Å². The molecule has 3 aromatic rings. The van der Waals surface area contributed by atoms with Gasteiger partial charge in [-0.15, -0.1) is 0 Å². The Hall–Kier alpha value is -3.74. The topological polar surface area (TPSA) is 90.3 Å². The van der Waals surface area contributed by atoms with Crippen LogP contribution in [0.3, 0.4) is 0 Å². The summed E-state index contributed by atoms with van der Waals surface area (Å²) in [5.41, 5.74) is 1.79. The lowest BCUT2D eigenvalue weighted by Gasteiger charge is -2.10. The van der Waals surface area contributed by atoms with E-state index in [9.17, 15) is 14.4 Å². The Morgan fingerprint density at radius 1 is 1.11 bits per heavy atom. The molecule has 3 rings (SSSR count). The van der Waals surface area contributed by atoms with Crippen molar-refractivity contribution in [1.29, 1.82) is 0 Å². The van der Waals surface area contributed by atoms with Crippen molar-refractivity contribution in [1.82, 2.24) is 9.55 Å². The molecule has 0 aliphatic heterocycles. The van der Waals surface area contributed by atoms with Crippen molar-refractivity contribution in [3.05, 3.63) is 76.8 Å². The van der Waals surface area contributed by atoms with Gasteiger partial charge in [0, 0.05) is 22.9 Å². The van der Waals surface area contributed by atoms with Crippen molar-refractivity contribution in [2.45, 2.75) is 13.5 Å². The number of nitrogens with zero attached hydrogens (tertiary/aromatic N) is 2. The monoisotopic (exact) mass is 377 g/mol. The Morgan fingerprint density at radius 3 is 2.61 bits per heavy atom. The predicted octanol–water partition coefficient (Wildman–Crippen LogP) is 2.76. The summed E-state index contributed by atoms with van der Waals surface area (Å²) in [6.45, 7) is 1.26. The van der Waals surface area contributed by atoms with Gasteiger partial charge in [-0.3, -0.25) is 19.0 Å². The van der Waals surface area contributed by atoms with Crippen LogP contribution in [0.1, 0.15) is 17.3 Å². The number of aromatic nitrogens is 2. The minimum Gasteiger partial charge on any atom is -0.496 e. The van der Waals surface area contributed by atoms with Crippen LogP contribution in [0.2, 0.25) is 0 Å². The van der Waals surface area contributed by atoms with Crippen molar-refractivity contribution < 1.29 is 14.3 Å². The summed E-state index contributed by atoms with van der Waals surface area (Å²) in [5.74, 6) is 0.119. The Bertz CT molecular complexity index is 1090. The highest BCUT2D eigenvalue weighted by Gasteiger charge is 2.11. The highest BCUT2D eigenvalue weighted by molar-refractivity contribution is 5.97. The standard InChI is InChI=1S/C21H19N3O4/c1-14(25)15-6-5-7-16(10-15)23-20(26)12-24-13-22-18(11-21(24)27)17-8-3-4-9-19(17)28-2/h3-11,13H,12H2,1-2H3,(H,23,26). The zero-order valence-electron chi connectivity index (χ0n) is 15.5. The van der Waals surface area contributed by atoms with Gasteiger partial charge in [0.15, 0.2) is 5.78 Å². The summed E-state index contributed by atoms with van der Waals surface area (Å²) in [6.07, 6.45) is 1.33. The number of para-hydroxylation sites is 1. The molecule has 7 heteroatoms. The molecule has 0 aliphatic carbocycles. The summed E-state index contributed by atoms with van der Waals surface area (Å²) in [6, 6.07) is 15.2. The molecule has 0 bridgehead atoms. The molecular weight excluding hydrogens is 358 g/mol. The molecule has 28 heavy (non-hydrogen) atoms. The van der Waals surface area contributed by atoms with E-state index in [0.717, 1.165) is 0 Å². The minimum atomic E-state index is -0.394. The van der Waals surface area contributed by atoms with Gasteiger partial charge < -0.3 is 10.1 Å². The lowest BCUT2D eigenvalue weighted by molar-refractivity contribution is -0.116. The average molecular weight is 377 g/mol. The fourth-order valence-electron chi connectivity index (χ4n) is 2.72. The quantitative estimate of drug-likeness (QED) is 0.667. The summed E-state index contributed by atoms with van der Waals surface area (Å²) in [4.78, 5) is 40.4. The summed E-state index contributed by atoms with van der Waals surface area (Å²) in [7, 11) is 1.55. The number of rotatable bonds is 6. The number of ether oxygens (including phenoxy) is 1. The van der Waals surface area contributed by atoms with Gasteiger partial charge in [0.25, 0.3) is 5.56 Å². The number of anilines is 1. The smallest absolute Gasteiger partial charge is 0.254 e. The maximum absolute atomic E-state index is 12.4. The molecule has 1 aromatic heterocycles. The van der Waals surface area contributed by atoms with Crippen molar-refractivity contribution in [3.8, 4) is 17.0 Å². The maximum atomic E-state index is 12.4. The highest BCUT2D eigenvalue weighted by atomic mass is 16.5. The van der Waals surface area contributed by atoms with E-state index in [1.807, 2.05) is 12.1 Å². The van der Waals surface area contributed by atoms with E-state index >= 15 is 0 Å². The molecule has 142 valence electrons. The number of ketones is 1. The van der Waals surface area contributed by atoms with Gasteiger partial charge in [-0.2, -0.15) is 0 Å². The third kappa shape index (κ3) is 4.32. The fraction of sp³-hybridized carbons (Fsp3) is 0.143. The van der Waals surface area contributed by atoms with E-state index in [4.69, 9.17) is 4.74 Å². The van der Waals surface area contributed by atoms with Crippen LogP contribution in [0.4, 0.5) is 5.69 Å². The van der Waals surface area contributed by atoms with E-state index in [1.54, 1.807) is 43.5 Å². The first-order valence-corrected chi connectivity index (χ1v) is 8.58. The van der Waals surface area contributed by atoms with E-state index in [1.165, 1.54) is 23.9 Å². The van der Waals surface area contributed by atoms with Gasteiger partial charge >= 0.3 is 0 Å². The molecule has 1 N–H and O–H groups in total. The third-order valence-corrected chi connectivity index (χ3v) is 4.13. The zero-order chi connectivity index (χ0) is 20.1. The second-order valence-electron chi connectivity index (χ2n) is 6.13. The largest absolute Gasteiger partial charge is 0.496 e. The number of nitrogens with one attached hydrogen (secondary N) is 1. The molecular formula is C21H19N3O4. The van der Waals surface area contributed by atoms with Crippen LogP contribution >= 0.6 is 0 Å². The minimum absolute atomic E-state index is 0.0940. The molecule has 0 atom stereocenters. The normalized spacial score (nSPS) is 10.4. The molecule has 0 spiro atoms. The lowest BCUT2D eigenvalue weighted by atomic mass is 10.1. The molecule has 0 unspecified atom stereocenters. The zero-order valence-corrected chi connectivity index (χ0v) is 15.5. The van der Waals surface area contributed by atoms with E-state index in [-0.39, 0.29) is 17.9 Å². The Labute approximate surface area is 161 Å². The molecule has 0 saturated heterocycles. The second-order valence-corrected chi connectivity index (χ2v) is 6.13. The van der Waals surface area contributed by atoms with Gasteiger partial charge in [-0.1, -0.05) is 24.3 Å². The number of benzene rings is 2. The Balaban J connectivity index is 1.76. The van der Waals surface area contributed by atoms with Crippen LogP contribution in [0.5, 0.6) is 5.75 Å². The molecule has 7 nitrogen and oxygen atoms in total. The summed E-state index contributed by atoms with van der Waals surface area (Å²) >= 11 is 0. The average Bonchev–Trinajstić information content (AvgIpc) is 2.69. The van der Waals surface area contributed by atoms with Crippen LogP contribution in [-0.4, -0.2) is 28.4 Å². The first-order chi connectivity index (χ1) is 13.5. The molecule has 0 fully saturated rings. The highest BCUT2D eigenvalue weighted by Crippen LogP contribution is 2.26. The summed E-state index contributed by atoms with van der Waals surface area (Å²) < 4.78 is 6.50. The van der Waals surface area contributed by atoms with E-state index in [2.05, 4.69) is 10.3 Å². The van der Waals surface area contributed by atoms with Gasteiger partial charge in [0.2, 0.25) is 5.91 Å². The van der Waals surface area contributed by atoms with Crippen LogP contribution in [0, 0.1) is 0 Å². The Kier molecular flexibility index (Phi) is 5.64. The number of carbonyl (C=O) groups is 2. The molecule has 0 aliphatic rings. The number of carbonyl (C=O) groups excluding carboxylic acids is 2. The Morgan fingerprint density at radius 2 is 1.89 bits per heavy atom. The lowest BCUT2D eigenvalue weighted by Crippen LogP contribution is -2.27. The van der Waals surface area contributed by atoms with Crippen LogP contribution < -0.4 is 15.6 Å². The van der Waals surface area contributed by atoms with Crippen molar-refractivity contribution in [2.24, 2.45) is 0 Å². The molecule has 0 radical (unpaired) electrons. The van der Waals surface area contributed by atoms with Gasteiger partial charge in [-0.25, -0.2) is 4.98 Å². The molecule has 0 saturated carbocycles. The number of hydrogen-bond donors (Lipinski definition) is 1. The second kappa shape index (κ2) is 8.30. The van der Waals surface area contributed by atoms with E-state index < -0.39 is 5.91 Å². The molecule has 2 aromatic carbocycles. The van der Waals surface area contributed by atoms with Crippen LogP contribution in [-0.2, 0) is 11.3 Å². The van der Waals surface area contributed by atoms with Gasteiger partial charge in [0.1, 0.15) is 12.3 Å². The first kappa shape index (κ1) is 19.0. The van der Waals surface area contributed by atoms with Crippen molar-refractivity contribution >= 4 is 17.4 Å². The number of amides is 1. The molecule has 1 amide bonds. The summed E-state index contributed by atoms with van der Waals surface area (Å²) in [5, 5.41) is 2.68. The number of Topliss-reactive ketones (excluding diaryl/α,β-unsaturated/α-hetero) is 1. The van der Waals surface area contributed by atoms with Gasteiger partial charge in [-0.05, 0) is 31.2 Å². The first-order valence-electron chi connectivity index (χ1n) is 8.58. The predicted molar refractivity (Wildman–Crippen MR) is 106 cm³/mol.